The van der Waals surface area contributed by atoms with E-state index in [1.165, 1.54) is 12.8 Å². The summed E-state index contributed by atoms with van der Waals surface area (Å²) >= 11 is 0. The summed E-state index contributed by atoms with van der Waals surface area (Å²) < 4.78 is 0. The van der Waals surface area contributed by atoms with Crippen LogP contribution in [0.2, 0.25) is 0 Å². The highest BCUT2D eigenvalue weighted by atomic mass is 16.2. The fourth-order valence-corrected chi connectivity index (χ4v) is 1.64. The van der Waals surface area contributed by atoms with Crippen molar-refractivity contribution in [2.24, 2.45) is 17.1 Å². The van der Waals surface area contributed by atoms with Gasteiger partial charge in [-0.2, -0.15) is 0 Å². The van der Waals surface area contributed by atoms with E-state index in [0.717, 1.165) is 12.3 Å². The quantitative estimate of drug-likeness (QED) is 0.744. The number of amides is 1. The van der Waals surface area contributed by atoms with Crippen molar-refractivity contribution >= 4 is 5.91 Å². The Labute approximate surface area is 92.8 Å². The van der Waals surface area contributed by atoms with Crippen LogP contribution in [0.5, 0.6) is 0 Å². The highest BCUT2D eigenvalue weighted by Crippen LogP contribution is 2.33. The number of carbonyl (C=O) groups excluding carboxylic acids is 1. The maximum Gasteiger partial charge on any atom is 0.237 e. The number of hydrogen-bond acceptors (Lipinski definition) is 2. The summed E-state index contributed by atoms with van der Waals surface area (Å²) in [6, 6.07) is -0.155. The van der Waals surface area contributed by atoms with Crippen LogP contribution in [-0.4, -0.2) is 18.0 Å². The molecule has 3 heteroatoms. The number of hydrogen-bond donors (Lipinski definition) is 2. The SMILES string of the molecule is CC(CC1CC1)NC(=O)C(N)C(C)(C)C. The molecule has 1 fully saturated rings. The van der Waals surface area contributed by atoms with E-state index < -0.39 is 6.04 Å². The molecular weight excluding hydrogens is 188 g/mol. The predicted octanol–water partition coefficient (Wildman–Crippen LogP) is 1.66. The number of nitrogens with two attached hydrogens (primary N) is 1. The predicted molar refractivity (Wildman–Crippen MR) is 62.4 cm³/mol. The minimum absolute atomic E-state index is 0.0179. The molecule has 1 rings (SSSR count). The summed E-state index contributed by atoms with van der Waals surface area (Å²) in [6.45, 7) is 8.03. The fraction of sp³-hybridized carbons (Fsp3) is 0.917. The highest BCUT2D eigenvalue weighted by Gasteiger charge is 2.29. The van der Waals surface area contributed by atoms with Gasteiger partial charge in [0, 0.05) is 6.04 Å². The number of rotatable bonds is 4. The summed E-state index contributed by atoms with van der Waals surface area (Å²) in [5, 5.41) is 2.99. The minimum atomic E-state index is -0.417. The maximum absolute atomic E-state index is 11.8. The average Bonchev–Trinajstić information content (AvgIpc) is 2.84. The van der Waals surface area contributed by atoms with Crippen LogP contribution >= 0.6 is 0 Å². The first-order chi connectivity index (χ1) is 6.80. The summed E-state index contributed by atoms with van der Waals surface area (Å²) in [5.41, 5.74) is 5.71. The lowest BCUT2D eigenvalue weighted by atomic mass is 9.87. The zero-order valence-electron chi connectivity index (χ0n) is 10.3. The van der Waals surface area contributed by atoms with Gasteiger partial charge in [-0.05, 0) is 24.7 Å². The molecule has 0 bridgehead atoms. The molecule has 0 saturated heterocycles. The molecule has 2 unspecified atom stereocenters. The summed E-state index contributed by atoms with van der Waals surface area (Å²) in [7, 11) is 0. The highest BCUT2D eigenvalue weighted by molar-refractivity contribution is 5.82. The van der Waals surface area contributed by atoms with Crippen molar-refractivity contribution in [3.8, 4) is 0 Å². The first kappa shape index (κ1) is 12.5. The van der Waals surface area contributed by atoms with Crippen LogP contribution in [-0.2, 0) is 4.79 Å². The van der Waals surface area contributed by atoms with Gasteiger partial charge in [-0.15, -0.1) is 0 Å². The summed E-state index contributed by atoms with van der Waals surface area (Å²) in [5.74, 6) is 0.821. The van der Waals surface area contributed by atoms with Gasteiger partial charge >= 0.3 is 0 Å². The Kier molecular flexibility index (Phi) is 3.77. The Bertz CT molecular complexity index is 228. The minimum Gasteiger partial charge on any atom is -0.352 e. The van der Waals surface area contributed by atoms with Gasteiger partial charge < -0.3 is 11.1 Å². The van der Waals surface area contributed by atoms with Gasteiger partial charge in [0.2, 0.25) is 5.91 Å². The molecule has 0 aromatic rings. The van der Waals surface area contributed by atoms with Gasteiger partial charge in [-0.3, -0.25) is 4.79 Å². The summed E-state index contributed by atoms with van der Waals surface area (Å²) in [6.07, 6.45) is 3.75. The average molecular weight is 212 g/mol. The van der Waals surface area contributed by atoms with Crippen LogP contribution < -0.4 is 11.1 Å². The third-order valence-electron chi connectivity index (χ3n) is 2.99. The maximum atomic E-state index is 11.8. The Morgan fingerprint density at radius 1 is 1.47 bits per heavy atom. The fourth-order valence-electron chi connectivity index (χ4n) is 1.64. The van der Waals surface area contributed by atoms with Gasteiger partial charge in [-0.1, -0.05) is 33.6 Å². The monoisotopic (exact) mass is 212 g/mol. The van der Waals surface area contributed by atoms with Crippen molar-refractivity contribution in [1.82, 2.24) is 5.32 Å². The topological polar surface area (TPSA) is 55.1 Å². The van der Waals surface area contributed by atoms with E-state index in [2.05, 4.69) is 12.2 Å². The first-order valence-electron chi connectivity index (χ1n) is 5.86. The lowest BCUT2D eigenvalue weighted by Gasteiger charge is -2.27. The van der Waals surface area contributed by atoms with E-state index in [0.29, 0.717) is 0 Å². The van der Waals surface area contributed by atoms with Gasteiger partial charge in [0.25, 0.3) is 0 Å². The zero-order valence-corrected chi connectivity index (χ0v) is 10.3. The molecule has 2 atom stereocenters. The lowest BCUT2D eigenvalue weighted by molar-refractivity contribution is -0.125. The van der Waals surface area contributed by atoms with E-state index in [9.17, 15) is 4.79 Å². The molecule has 0 aromatic heterocycles. The van der Waals surface area contributed by atoms with Crippen LogP contribution in [0.25, 0.3) is 0 Å². The molecule has 88 valence electrons. The molecular formula is C12H24N2O. The molecule has 1 aliphatic rings. The van der Waals surface area contributed by atoms with Crippen molar-refractivity contribution in [1.29, 1.82) is 0 Å². The Balaban J connectivity index is 2.33. The Morgan fingerprint density at radius 3 is 2.40 bits per heavy atom. The second-order valence-corrected chi connectivity index (χ2v) is 5.93. The molecule has 0 heterocycles. The molecule has 3 N–H and O–H groups in total. The van der Waals surface area contributed by atoms with Gasteiger partial charge in [0.05, 0.1) is 6.04 Å². The van der Waals surface area contributed by atoms with Crippen molar-refractivity contribution in [3.05, 3.63) is 0 Å². The largest absolute Gasteiger partial charge is 0.352 e. The van der Waals surface area contributed by atoms with Gasteiger partial charge in [0.1, 0.15) is 0 Å². The number of nitrogens with one attached hydrogen (secondary N) is 1. The van der Waals surface area contributed by atoms with E-state index in [1.807, 2.05) is 20.8 Å². The Hall–Kier alpha value is -0.570. The van der Waals surface area contributed by atoms with E-state index in [1.54, 1.807) is 0 Å². The summed E-state index contributed by atoms with van der Waals surface area (Å²) in [4.78, 5) is 11.8. The standard InChI is InChI=1S/C12H24N2O/c1-8(7-9-5-6-9)14-11(15)10(13)12(2,3)4/h8-10H,5-7,13H2,1-4H3,(H,14,15). The van der Waals surface area contributed by atoms with Gasteiger partial charge in [-0.25, -0.2) is 0 Å². The third kappa shape index (κ3) is 4.20. The van der Waals surface area contributed by atoms with E-state index in [-0.39, 0.29) is 17.4 Å². The van der Waals surface area contributed by atoms with E-state index in [4.69, 9.17) is 5.73 Å². The Morgan fingerprint density at radius 2 is 2.00 bits per heavy atom. The third-order valence-corrected chi connectivity index (χ3v) is 2.99. The molecule has 0 spiro atoms. The van der Waals surface area contributed by atoms with Crippen LogP contribution in [0.1, 0.15) is 47.0 Å². The van der Waals surface area contributed by atoms with Crippen molar-refractivity contribution in [2.45, 2.75) is 59.0 Å². The van der Waals surface area contributed by atoms with Crippen molar-refractivity contribution in [2.75, 3.05) is 0 Å². The van der Waals surface area contributed by atoms with E-state index >= 15 is 0 Å². The molecule has 0 aliphatic heterocycles. The smallest absolute Gasteiger partial charge is 0.237 e. The molecule has 15 heavy (non-hydrogen) atoms. The molecule has 0 radical (unpaired) electrons. The molecule has 1 amide bonds. The van der Waals surface area contributed by atoms with Crippen LogP contribution in [0.15, 0.2) is 0 Å². The molecule has 0 aromatic carbocycles. The van der Waals surface area contributed by atoms with Crippen LogP contribution in [0.3, 0.4) is 0 Å². The molecule has 1 aliphatic carbocycles. The molecule has 1 saturated carbocycles. The number of carbonyl (C=O) groups is 1. The zero-order chi connectivity index (χ0) is 11.6. The van der Waals surface area contributed by atoms with Crippen LogP contribution in [0, 0.1) is 11.3 Å². The first-order valence-corrected chi connectivity index (χ1v) is 5.86. The van der Waals surface area contributed by atoms with Gasteiger partial charge in [0.15, 0.2) is 0 Å². The van der Waals surface area contributed by atoms with Crippen molar-refractivity contribution in [3.63, 3.8) is 0 Å². The van der Waals surface area contributed by atoms with Crippen LogP contribution in [0.4, 0.5) is 0 Å². The van der Waals surface area contributed by atoms with Crippen molar-refractivity contribution < 1.29 is 4.79 Å². The second kappa shape index (κ2) is 4.52. The normalized spacial score (nSPS) is 20.9. The lowest BCUT2D eigenvalue weighted by Crippen LogP contribution is -2.50. The molecule has 3 nitrogen and oxygen atoms in total. The second-order valence-electron chi connectivity index (χ2n) is 5.93.